The number of aromatic nitrogens is 1. The van der Waals surface area contributed by atoms with E-state index in [2.05, 4.69) is 41.5 Å². The summed E-state index contributed by atoms with van der Waals surface area (Å²) in [7, 11) is 0. The van der Waals surface area contributed by atoms with Crippen LogP contribution in [0.2, 0.25) is 0 Å². The fraction of sp³-hybridized carbons (Fsp3) is 0.429. The Hall–Kier alpha value is -1.32. The molecule has 1 aromatic carbocycles. The van der Waals surface area contributed by atoms with Crippen molar-refractivity contribution in [1.82, 2.24) is 10.3 Å². The van der Waals surface area contributed by atoms with Crippen LogP contribution in [0.25, 0.3) is 10.9 Å². The van der Waals surface area contributed by atoms with Crippen molar-refractivity contribution >= 4 is 10.9 Å². The quantitative estimate of drug-likeness (QED) is 0.715. The molecule has 0 aliphatic carbocycles. The van der Waals surface area contributed by atoms with Gasteiger partial charge in [0.1, 0.15) is 0 Å². The van der Waals surface area contributed by atoms with Crippen LogP contribution in [-0.4, -0.2) is 23.2 Å². The minimum absolute atomic E-state index is 0.275. The zero-order valence-electron chi connectivity index (χ0n) is 10.2. The Bertz CT molecular complexity index is 464. The lowest BCUT2D eigenvalue weighted by molar-refractivity contribution is 0.260. The molecule has 0 spiro atoms. The summed E-state index contributed by atoms with van der Waals surface area (Å²) in [5.41, 5.74) is 2.48. The van der Waals surface area contributed by atoms with Gasteiger partial charge in [-0.1, -0.05) is 19.1 Å². The molecule has 0 radical (unpaired) electrons. The Labute approximate surface area is 102 Å². The summed E-state index contributed by atoms with van der Waals surface area (Å²) in [6, 6.07) is 8.55. The van der Waals surface area contributed by atoms with Gasteiger partial charge in [0.05, 0.1) is 0 Å². The van der Waals surface area contributed by atoms with E-state index in [1.807, 2.05) is 6.20 Å². The van der Waals surface area contributed by atoms with Crippen molar-refractivity contribution in [3.05, 3.63) is 36.0 Å². The van der Waals surface area contributed by atoms with Gasteiger partial charge >= 0.3 is 0 Å². The molecule has 17 heavy (non-hydrogen) atoms. The Kier molecular flexibility index (Phi) is 4.18. The fourth-order valence-electron chi connectivity index (χ4n) is 1.99. The number of benzene rings is 1. The van der Waals surface area contributed by atoms with Crippen LogP contribution >= 0.6 is 0 Å². The Balaban J connectivity index is 1.86. The first-order chi connectivity index (χ1) is 8.29. The van der Waals surface area contributed by atoms with E-state index in [4.69, 9.17) is 5.11 Å². The summed E-state index contributed by atoms with van der Waals surface area (Å²) in [4.78, 5) is 3.22. The largest absolute Gasteiger partial charge is 0.396 e. The molecule has 3 heteroatoms. The molecule has 1 aromatic heterocycles. The Morgan fingerprint density at radius 1 is 1.35 bits per heavy atom. The zero-order chi connectivity index (χ0) is 12.1. The van der Waals surface area contributed by atoms with Crippen LogP contribution in [0.3, 0.4) is 0 Å². The monoisotopic (exact) mass is 232 g/mol. The molecule has 3 N–H and O–H groups in total. The molecule has 92 valence electrons. The van der Waals surface area contributed by atoms with E-state index < -0.39 is 0 Å². The zero-order valence-corrected chi connectivity index (χ0v) is 10.2. The van der Waals surface area contributed by atoms with Gasteiger partial charge in [-0.05, 0) is 42.0 Å². The van der Waals surface area contributed by atoms with Crippen LogP contribution in [0, 0.1) is 5.92 Å². The molecule has 1 unspecified atom stereocenters. The highest BCUT2D eigenvalue weighted by atomic mass is 16.3. The first-order valence-electron chi connectivity index (χ1n) is 6.17. The van der Waals surface area contributed by atoms with Crippen molar-refractivity contribution < 1.29 is 5.11 Å². The predicted octanol–water partition coefficient (Wildman–Crippen LogP) is 2.28. The van der Waals surface area contributed by atoms with Crippen molar-refractivity contribution in [3.63, 3.8) is 0 Å². The minimum Gasteiger partial charge on any atom is -0.396 e. The molecule has 1 atom stereocenters. The predicted molar refractivity (Wildman–Crippen MR) is 70.9 cm³/mol. The van der Waals surface area contributed by atoms with Gasteiger partial charge in [0.25, 0.3) is 0 Å². The van der Waals surface area contributed by atoms with E-state index in [0.717, 1.165) is 19.5 Å². The van der Waals surface area contributed by atoms with Crippen LogP contribution in [0.4, 0.5) is 0 Å². The number of rotatable bonds is 6. The summed E-state index contributed by atoms with van der Waals surface area (Å²) >= 11 is 0. The average Bonchev–Trinajstić information content (AvgIpc) is 2.76. The number of aromatic amines is 1. The van der Waals surface area contributed by atoms with Crippen LogP contribution in [0.15, 0.2) is 30.5 Å². The highest BCUT2D eigenvalue weighted by Gasteiger charge is 2.01. The molecule has 0 saturated carbocycles. The summed E-state index contributed by atoms with van der Waals surface area (Å²) in [5, 5.41) is 13.5. The fourth-order valence-corrected chi connectivity index (χ4v) is 1.99. The maximum Gasteiger partial charge on any atom is 0.0457 e. The number of aliphatic hydroxyl groups is 1. The van der Waals surface area contributed by atoms with E-state index in [-0.39, 0.29) is 6.61 Å². The lowest BCUT2D eigenvalue weighted by Crippen LogP contribution is -2.21. The second-order valence-corrected chi connectivity index (χ2v) is 4.65. The van der Waals surface area contributed by atoms with Gasteiger partial charge in [0.2, 0.25) is 0 Å². The number of hydrogen-bond acceptors (Lipinski definition) is 2. The highest BCUT2D eigenvalue weighted by molar-refractivity contribution is 5.79. The molecule has 1 heterocycles. The third-order valence-corrected chi connectivity index (χ3v) is 3.06. The van der Waals surface area contributed by atoms with Crippen LogP contribution in [0.1, 0.15) is 18.9 Å². The average molecular weight is 232 g/mol. The number of hydrogen-bond donors (Lipinski definition) is 3. The molecule has 0 saturated heterocycles. The first-order valence-corrected chi connectivity index (χ1v) is 6.17. The number of nitrogens with one attached hydrogen (secondary N) is 2. The van der Waals surface area contributed by atoms with E-state index in [1.54, 1.807) is 0 Å². The molecule has 3 nitrogen and oxygen atoms in total. The van der Waals surface area contributed by atoms with Crippen LogP contribution < -0.4 is 5.32 Å². The van der Waals surface area contributed by atoms with E-state index >= 15 is 0 Å². The molecular formula is C14H20N2O. The van der Waals surface area contributed by atoms with Gasteiger partial charge in [0, 0.05) is 24.9 Å². The second-order valence-electron chi connectivity index (χ2n) is 4.65. The van der Waals surface area contributed by atoms with Crippen molar-refractivity contribution in [1.29, 1.82) is 0 Å². The summed E-state index contributed by atoms with van der Waals surface area (Å²) in [6.07, 6.45) is 2.83. The Morgan fingerprint density at radius 3 is 3.06 bits per heavy atom. The number of H-pyrrole nitrogens is 1. The topological polar surface area (TPSA) is 48.0 Å². The normalized spacial score (nSPS) is 13.1. The van der Waals surface area contributed by atoms with E-state index in [1.165, 1.54) is 16.5 Å². The maximum atomic E-state index is 8.82. The van der Waals surface area contributed by atoms with Gasteiger partial charge in [-0.2, -0.15) is 0 Å². The lowest BCUT2D eigenvalue weighted by atomic mass is 10.1. The number of aliphatic hydroxyl groups excluding tert-OH is 1. The second kappa shape index (κ2) is 5.84. The molecular weight excluding hydrogens is 212 g/mol. The SMILES string of the molecule is CC(CCO)CNCc1ccc2cc[nH]c2c1. The molecule has 0 amide bonds. The van der Waals surface area contributed by atoms with Crippen molar-refractivity contribution in [2.75, 3.05) is 13.2 Å². The van der Waals surface area contributed by atoms with Gasteiger partial charge in [-0.25, -0.2) is 0 Å². The van der Waals surface area contributed by atoms with E-state index in [0.29, 0.717) is 5.92 Å². The molecule has 2 rings (SSSR count). The smallest absolute Gasteiger partial charge is 0.0457 e. The molecule has 0 aliphatic heterocycles. The lowest BCUT2D eigenvalue weighted by Gasteiger charge is -2.11. The highest BCUT2D eigenvalue weighted by Crippen LogP contribution is 2.14. The third-order valence-electron chi connectivity index (χ3n) is 3.06. The van der Waals surface area contributed by atoms with Crippen LogP contribution in [-0.2, 0) is 6.54 Å². The molecule has 2 aromatic rings. The molecule has 0 bridgehead atoms. The minimum atomic E-state index is 0.275. The summed E-state index contributed by atoms with van der Waals surface area (Å²) in [5.74, 6) is 0.522. The summed E-state index contributed by atoms with van der Waals surface area (Å²) in [6.45, 7) is 4.25. The third kappa shape index (κ3) is 3.32. The maximum absolute atomic E-state index is 8.82. The van der Waals surface area contributed by atoms with E-state index in [9.17, 15) is 0 Å². The van der Waals surface area contributed by atoms with Crippen molar-refractivity contribution in [3.8, 4) is 0 Å². The van der Waals surface area contributed by atoms with Crippen molar-refractivity contribution in [2.24, 2.45) is 5.92 Å². The van der Waals surface area contributed by atoms with Gasteiger partial charge in [-0.3, -0.25) is 0 Å². The molecule has 0 aliphatic rings. The molecule has 0 fully saturated rings. The van der Waals surface area contributed by atoms with Crippen molar-refractivity contribution in [2.45, 2.75) is 19.9 Å². The van der Waals surface area contributed by atoms with Gasteiger partial charge in [-0.15, -0.1) is 0 Å². The Morgan fingerprint density at radius 2 is 2.24 bits per heavy atom. The van der Waals surface area contributed by atoms with Crippen LogP contribution in [0.5, 0.6) is 0 Å². The first kappa shape index (κ1) is 12.1. The summed E-state index contributed by atoms with van der Waals surface area (Å²) < 4.78 is 0. The number of fused-ring (bicyclic) bond motifs is 1. The van der Waals surface area contributed by atoms with Gasteiger partial charge in [0.15, 0.2) is 0 Å². The van der Waals surface area contributed by atoms with Gasteiger partial charge < -0.3 is 15.4 Å². The standard InChI is InChI=1S/C14H20N2O/c1-11(5-7-17)9-15-10-12-2-3-13-4-6-16-14(13)8-12/h2-4,6,8,11,15-17H,5,7,9-10H2,1H3.